The van der Waals surface area contributed by atoms with Crippen LogP contribution in [0.15, 0.2) is 46.9 Å². The zero-order valence-corrected chi connectivity index (χ0v) is 13.3. The van der Waals surface area contributed by atoms with Gasteiger partial charge in [0.2, 0.25) is 0 Å². The Morgan fingerprint density at radius 3 is 2.77 bits per heavy atom. The summed E-state index contributed by atoms with van der Waals surface area (Å²) < 4.78 is 1.46. The summed E-state index contributed by atoms with van der Waals surface area (Å²) in [5.41, 5.74) is 0.954. The lowest BCUT2D eigenvalue weighted by atomic mass is 10.2. The number of nitro groups is 1. The first-order chi connectivity index (χ1) is 10.5. The molecule has 0 aliphatic heterocycles. The van der Waals surface area contributed by atoms with E-state index in [9.17, 15) is 14.9 Å². The third kappa shape index (κ3) is 2.83. The number of benzene rings is 2. The topological polar surface area (TPSA) is 85.1 Å². The number of hydrogen-bond donors (Lipinski definition) is 1. The predicted molar refractivity (Wildman–Crippen MR) is 88.4 cm³/mol. The van der Waals surface area contributed by atoms with Crippen LogP contribution in [0, 0.1) is 10.1 Å². The summed E-state index contributed by atoms with van der Waals surface area (Å²) in [5.74, 6) is -0.291. The highest BCUT2D eigenvalue weighted by Gasteiger charge is 2.14. The minimum Gasteiger partial charge on any atom is -0.298 e. The molecule has 0 saturated heterocycles. The van der Waals surface area contributed by atoms with Crippen molar-refractivity contribution in [2.75, 3.05) is 5.32 Å². The molecule has 3 rings (SSSR count). The molecule has 0 aliphatic rings. The van der Waals surface area contributed by atoms with Crippen molar-refractivity contribution in [2.24, 2.45) is 0 Å². The molecule has 0 spiro atoms. The summed E-state index contributed by atoms with van der Waals surface area (Å²) in [7, 11) is 0. The molecule has 0 atom stereocenters. The van der Waals surface area contributed by atoms with E-state index in [2.05, 4.69) is 26.2 Å². The molecular formula is C14H8BrN3O3S. The molecule has 22 heavy (non-hydrogen) atoms. The molecule has 8 heteroatoms. The second kappa shape index (κ2) is 5.82. The first-order valence-electron chi connectivity index (χ1n) is 6.15. The van der Waals surface area contributed by atoms with Crippen LogP contribution in [-0.2, 0) is 0 Å². The van der Waals surface area contributed by atoms with Gasteiger partial charge < -0.3 is 0 Å². The fourth-order valence-electron chi connectivity index (χ4n) is 1.89. The van der Waals surface area contributed by atoms with Crippen molar-refractivity contribution in [3.8, 4) is 0 Å². The summed E-state index contributed by atoms with van der Waals surface area (Å²) in [6.45, 7) is 0. The number of thiazole rings is 1. The zero-order chi connectivity index (χ0) is 15.7. The fourth-order valence-corrected chi connectivity index (χ4v) is 3.20. The average Bonchev–Trinajstić information content (AvgIpc) is 2.88. The van der Waals surface area contributed by atoms with Crippen molar-refractivity contribution in [3.63, 3.8) is 0 Å². The molecule has 1 amide bonds. The standard InChI is InChI=1S/C14H8BrN3O3S/c15-10-4-2-1-3-9(10)13(19)17-14-16-11-7-8(18(20)21)5-6-12(11)22-14/h1-7H,(H,16,17,19). The van der Waals surface area contributed by atoms with Gasteiger partial charge in [-0.1, -0.05) is 23.5 Å². The van der Waals surface area contributed by atoms with Gasteiger partial charge in [0.05, 0.1) is 20.7 Å². The highest BCUT2D eigenvalue weighted by Crippen LogP contribution is 2.29. The van der Waals surface area contributed by atoms with Gasteiger partial charge in [-0.2, -0.15) is 0 Å². The first kappa shape index (κ1) is 14.6. The molecule has 0 unspecified atom stereocenters. The Bertz CT molecular complexity index is 894. The van der Waals surface area contributed by atoms with E-state index < -0.39 is 4.92 Å². The molecule has 0 radical (unpaired) electrons. The van der Waals surface area contributed by atoms with Gasteiger partial charge in [-0.3, -0.25) is 20.2 Å². The summed E-state index contributed by atoms with van der Waals surface area (Å²) in [5, 5.41) is 13.9. The monoisotopic (exact) mass is 377 g/mol. The largest absolute Gasteiger partial charge is 0.298 e. The number of fused-ring (bicyclic) bond motifs is 1. The number of aromatic nitrogens is 1. The van der Waals surface area contributed by atoms with E-state index in [1.165, 1.54) is 23.5 Å². The number of nitrogens with zero attached hydrogens (tertiary/aromatic N) is 2. The maximum atomic E-state index is 12.2. The van der Waals surface area contributed by atoms with E-state index in [0.29, 0.717) is 20.7 Å². The summed E-state index contributed by atoms with van der Waals surface area (Å²) >= 11 is 4.58. The highest BCUT2D eigenvalue weighted by molar-refractivity contribution is 9.10. The zero-order valence-electron chi connectivity index (χ0n) is 10.9. The number of carbonyl (C=O) groups is 1. The third-order valence-electron chi connectivity index (χ3n) is 2.92. The van der Waals surface area contributed by atoms with Crippen molar-refractivity contribution in [3.05, 3.63) is 62.6 Å². The van der Waals surface area contributed by atoms with Crippen molar-refractivity contribution in [1.82, 2.24) is 4.98 Å². The van der Waals surface area contributed by atoms with Crippen molar-refractivity contribution < 1.29 is 9.72 Å². The number of halogens is 1. The summed E-state index contributed by atoms with van der Waals surface area (Å²) in [6.07, 6.45) is 0. The maximum absolute atomic E-state index is 12.2. The predicted octanol–water partition coefficient (Wildman–Crippen LogP) is 4.22. The van der Waals surface area contributed by atoms with Crippen LogP contribution in [0.3, 0.4) is 0 Å². The third-order valence-corrected chi connectivity index (χ3v) is 4.56. The molecule has 3 aromatic rings. The molecule has 1 aromatic heterocycles. The Morgan fingerprint density at radius 1 is 1.27 bits per heavy atom. The molecule has 1 N–H and O–H groups in total. The Labute approximate surface area is 137 Å². The van der Waals surface area contributed by atoms with E-state index >= 15 is 0 Å². The smallest absolute Gasteiger partial charge is 0.271 e. The second-order valence-corrected chi connectivity index (χ2v) is 6.25. The lowest BCUT2D eigenvalue weighted by molar-refractivity contribution is -0.384. The van der Waals surface area contributed by atoms with Crippen LogP contribution >= 0.6 is 27.3 Å². The number of hydrogen-bond acceptors (Lipinski definition) is 5. The normalized spacial score (nSPS) is 10.6. The number of amides is 1. The molecule has 1 heterocycles. The van der Waals surface area contributed by atoms with Crippen LogP contribution in [0.5, 0.6) is 0 Å². The number of non-ortho nitro benzene ring substituents is 1. The van der Waals surface area contributed by atoms with Gasteiger partial charge in [0.1, 0.15) is 0 Å². The fraction of sp³-hybridized carbons (Fsp3) is 0. The van der Waals surface area contributed by atoms with Crippen molar-refractivity contribution in [2.45, 2.75) is 0 Å². The lowest BCUT2D eigenvalue weighted by Gasteiger charge is -2.03. The number of nitro benzene ring substituents is 1. The molecule has 2 aromatic carbocycles. The quantitative estimate of drug-likeness (QED) is 0.546. The van der Waals surface area contributed by atoms with Crippen LogP contribution < -0.4 is 5.32 Å². The van der Waals surface area contributed by atoms with E-state index in [-0.39, 0.29) is 11.6 Å². The molecular weight excluding hydrogens is 370 g/mol. The van der Waals surface area contributed by atoms with Gasteiger partial charge in [0, 0.05) is 16.6 Å². The minimum atomic E-state index is -0.474. The Balaban J connectivity index is 1.89. The van der Waals surface area contributed by atoms with Gasteiger partial charge in [0.25, 0.3) is 11.6 Å². The van der Waals surface area contributed by atoms with Crippen LogP contribution in [0.25, 0.3) is 10.2 Å². The van der Waals surface area contributed by atoms with Crippen LogP contribution in [0.2, 0.25) is 0 Å². The van der Waals surface area contributed by atoms with E-state index in [1.54, 1.807) is 24.3 Å². The van der Waals surface area contributed by atoms with Crippen LogP contribution in [-0.4, -0.2) is 15.8 Å². The van der Waals surface area contributed by atoms with Gasteiger partial charge >= 0.3 is 0 Å². The van der Waals surface area contributed by atoms with E-state index in [0.717, 1.165) is 4.70 Å². The molecule has 0 bridgehead atoms. The van der Waals surface area contributed by atoms with Gasteiger partial charge in [0.15, 0.2) is 5.13 Å². The summed E-state index contributed by atoms with van der Waals surface area (Å²) in [6, 6.07) is 11.5. The molecule has 0 fully saturated rings. The van der Waals surface area contributed by atoms with Crippen molar-refractivity contribution >= 4 is 54.2 Å². The number of rotatable bonds is 3. The summed E-state index contributed by atoms with van der Waals surface area (Å²) in [4.78, 5) is 26.7. The Kier molecular flexibility index (Phi) is 3.86. The van der Waals surface area contributed by atoms with E-state index in [1.807, 2.05) is 6.07 Å². The van der Waals surface area contributed by atoms with Gasteiger partial charge in [-0.25, -0.2) is 4.98 Å². The van der Waals surface area contributed by atoms with Gasteiger partial charge in [-0.15, -0.1) is 0 Å². The maximum Gasteiger partial charge on any atom is 0.271 e. The average molecular weight is 378 g/mol. The Morgan fingerprint density at radius 2 is 2.05 bits per heavy atom. The molecule has 0 aliphatic carbocycles. The van der Waals surface area contributed by atoms with Crippen LogP contribution in [0.1, 0.15) is 10.4 Å². The molecule has 110 valence electrons. The van der Waals surface area contributed by atoms with Gasteiger partial charge in [-0.05, 0) is 34.1 Å². The number of anilines is 1. The second-order valence-electron chi connectivity index (χ2n) is 4.36. The van der Waals surface area contributed by atoms with Crippen molar-refractivity contribution in [1.29, 1.82) is 0 Å². The lowest BCUT2D eigenvalue weighted by Crippen LogP contribution is -2.12. The molecule has 6 nitrogen and oxygen atoms in total. The SMILES string of the molecule is O=C(Nc1nc2cc([N+](=O)[O-])ccc2s1)c1ccccc1Br. The number of nitrogens with one attached hydrogen (secondary N) is 1. The molecule has 0 saturated carbocycles. The number of carbonyl (C=O) groups excluding carboxylic acids is 1. The highest BCUT2D eigenvalue weighted by atomic mass is 79.9. The minimum absolute atomic E-state index is 0.0264. The van der Waals surface area contributed by atoms with Crippen LogP contribution in [0.4, 0.5) is 10.8 Å². The first-order valence-corrected chi connectivity index (χ1v) is 7.76. The Hall–Kier alpha value is -2.32. The van der Waals surface area contributed by atoms with E-state index in [4.69, 9.17) is 0 Å².